The number of nitrogens with zero attached hydrogens (tertiary/aromatic N) is 15. The fourth-order valence-corrected chi connectivity index (χ4v) is 17.2. The number of β-amino-alcohol motifs (C(OH)–C–C–N with tert-alkyl or cyclic N) is 1. The summed E-state index contributed by atoms with van der Waals surface area (Å²) >= 11 is 25.0. The third kappa shape index (κ3) is 19.4. The Morgan fingerprint density at radius 3 is 0.955 bits per heavy atom. The maximum absolute atomic E-state index is 15.3. The van der Waals surface area contributed by atoms with Crippen molar-refractivity contribution in [3.8, 4) is 23.0 Å². The van der Waals surface area contributed by atoms with Crippen LogP contribution in [0.3, 0.4) is 0 Å². The predicted molar refractivity (Wildman–Crippen MR) is 490 cm³/mol. The molecule has 0 bridgehead atoms. The first-order valence-electron chi connectivity index (χ1n) is 42.8. The number of amides is 4. The number of fused-ring (bicyclic) bond motifs is 4. The average molecular weight is 1920 g/mol. The third-order valence-corrected chi connectivity index (χ3v) is 24.2. The molecule has 8 aromatic heterocycles. The van der Waals surface area contributed by atoms with Crippen molar-refractivity contribution in [3.05, 3.63) is 208 Å². The lowest BCUT2D eigenvalue weighted by molar-refractivity contribution is -0.146. The standard InChI is InChI=1S/2C23H25ClFN5O4.C23H27ClFN5O3.C22H25ClFN5O3/c1-10(2)34-19-14(11(3)21-28-12(4)18-20(26)27-5-6-30(18)21)7-15(24)17(25)16(19)22(31)29-8-13(9-29)23(32)33;1-10(2)34-18-13(11(3)20-28-12(4)17-19(26)27-7-8-30(17)20)9-14(24)16(25)15(18)21(31)29-23(5-6-23)22(32)33;1-12(2)33-20-15(13(3)22-28-14(4)19-21(26)27-5-6-30(19)22)11-16(24)18(25)17(20)23(31)29-7-9-32-10-8-29;1-10(2)32-19-14(7-15(23)17(24)16(19)22(31)28-8-13(30)9-28)11(3)21-27-12(4)18-20(25)26-5-6-29(18)21/h5-7,10-11,13H,8-9H2,1-4H3,(H2,26,27)(H,32,33);7-11H,5-6H2,1-4H3,(H2,26,27)(H,29,31)(H,32,33);5-6,11-13H,7-10H2,1-4H3,(H2,26,27);5-7,10-11,13,30H,8-9H2,1-4H3,(H2,25,26). The molecule has 1 saturated carbocycles. The molecule has 0 spiro atoms. The van der Waals surface area contributed by atoms with E-state index in [2.05, 4.69) is 40.2 Å². The number of aromatic nitrogens is 12. The van der Waals surface area contributed by atoms with Gasteiger partial charge in [-0.15, -0.1) is 0 Å². The highest BCUT2D eigenvalue weighted by Gasteiger charge is 2.53. The van der Waals surface area contributed by atoms with Crippen LogP contribution in [0.1, 0.15) is 229 Å². The number of nitrogens with two attached hydrogens (primary N) is 4. The van der Waals surface area contributed by atoms with E-state index in [1.54, 1.807) is 112 Å². The molecule has 4 amide bonds. The van der Waals surface area contributed by atoms with E-state index in [0.29, 0.717) is 140 Å². The normalized spacial score (nSPS) is 15.2. The van der Waals surface area contributed by atoms with E-state index in [1.165, 1.54) is 34.1 Å². The summed E-state index contributed by atoms with van der Waals surface area (Å²) in [5.74, 6) is -6.67. The highest BCUT2D eigenvalue weighted by Crippen LogP contribution is 2.48. The molecule has 4 fully saturated rings. The maximum atomic E-state index is 15.3. The lowest BCUT2D eigenvalue weighted by Crippen LogP contribution is -2.53. The molecule has 11 heterocycles. The minimum absolute atomic E-state index is 0.0114. The Bertz CT molecular complexity index is 6590. The van der Waals surface area contributed by atoms with Crippen LogP contribution in [-0.4, -0.2) is 212 Å². The lowest BCUT2D eigenvalue weighted by Gasteiger charge is -2.37. The Balaban J connectivity index is 0.000000151. The zero-order valence-electron chi connectivity index (χ0n) is 75.6. The van der Waals surface area contributed by atoms with Crippen LogP contribution in [-0.2, 0) is 14.3 Å². The molecule has 12 aromatic rings. The van der Waals surface area contributed by atoms with Crippen molar-refractivity contribution < 1.29 is 85.3 Å². The molecular weight excluding hydrogens is 1810 g/mol. The molecule has 3 saturated heterocycles. The predicted octanol–water partition coefficient (Wildman–Crippen LogP) is 14.2. The second-order valence-corrected chi connectivity index (χ2v) is 35.7. The topological polar surface area (TPSA) is 456 Å². The number of anilines is 4. The van der Waals surface area contributed by atoms with Crippen LogP contribution in [0.15, 0.2) is 73.8 Å². The molecule has 4 unspecified atom stereocenters. The fourth-order valence-electron chi connectivity index (χ4n) is 16.3. The van der Waals surface area contributed by atoms with Crippen molar-refractivity contribution >= 4 is 127 Å². The molecule has 133 heavy (non-hydrogen) atoms. The van der Waals surface area contributed by atoms with Gasteiger partial charge in [-0.3, -0.25) is 41.6 Å². The summed E-state index contributed by atoms with van der Waals surface area (Å²) < 4.78 is 97.6. The quantitative estimate of drug-likeness (QED) is 0.0276. The van der Waals surface area contributed by atoms with Gasteiger partial charge in [-0.05, 0) is 120 Å². The summed E-state index contributed by atoms with van der Waals surface area (Å²) in [7, 11) is 0. The van der Waals surface area contributed by atoms with Gasteiger partial charge < -0.3 is 82.0 Å². The van der Waals surface area contributed by atoms with Gasteiger partial charge in [0.2, 0.25) is 0 Å². The average Bonchev–Trinajstić information content (AvgIpc) is 1.65. The second kappa shape index (κ2) is 39.3. The zero-order chi connectivity index (χ0) is 97.0. The summed E-state index contributed by atoms with van der Waals surface area (Å²) in [6.45, 7) is 30.8. The first-order valence-corrected chi connectivity index (χ1v) is 44.3. The van der Waals surface area contributed by atoms with E-state index in [-0.39, 0.29) is 117 Å². The van der Waals surface area contributed by atoms with E-state index >= 15 is 17.6 Å². The van der Waals surface area contributed by atoms with Crippen LogP contribution < -0.4 is 47.2 Å². The third-order valence-electron chi connectivity index (χ3n) is 23.1. The lowest BCUT2D eigenvalue weighted by atomic mass is 9.93. The van der Waals surface area contributed by atoms with Gasteiger partial charge >= 0.3 is 11.9 Å². The number of hydrogen-bond donors (Lipinski definition) is 8. The molecule has 12 N–H and O–H groups in total. The largest absolute Gasteiger partial charge is 0.490 e. The molecule has 4 aromatic carbocycles. The number of carboxylic acids is 2. The van der Waals surface area contributed by atoms with Crippen LogP contribution in [0.25, 0.3) is 22.1 Å². The number of aliphatic carboxylic acids is 2. The Hall–Kier alpha value is -12.6. The molecule has 4 aliphatic rings. The molecule has 706 valence electrons. The number of aliphatic hydroxyl groups is 1. The van der Waals surface area contributed by atoms with E-state index in [0.717, 1.165) is 0 Å². The summed E-state index contributed by atoms with van der Waals surface area (Å²) in [6.07, 6.45) is 11.7. The molecule has 34 nitrogen and oxygen atoms in total. The Morgan fingerprint density at radius 1 is 0.436 bits per heavy atom. The van der Waals surface area contributed by atoms with Gasteiger partial charge in [0.15, 0.2) is 23.3 Å². The van der Waals surface area contributed by atoms with Gasteiger partial charge in [0.25, 0.3) is 23.6 Å². The van der Waals surface area contributed by atoms with Crippen molar-refractivity contribution in [2.45, 2.75) is 183 Å². The van der Waals surface area contributed by atoms with Crippen LogP contribution in [0.2, 0.25) is 20.1 Å². The molecule has 0 radical (unpaired) electrons. The number of halogens is 8. The number of imidazole rings is 4. The van der Waals surface area contributed by atoms with Crippen molar-refractivity contribution in [1.82, 2.24) is 77.5 Å². The Kier molecular flexibility index (Phi) is 28.9. The van der Waals surface area contributed by atoms with Crippen LogP contribution >= 0.6 is 46.4 Å². The van der Waals surface area contributed by atoms with Crippen molar-refractivity contribution in [1.29, 1.82) is 0 Å². The number of morpholine rings is 1. The second-order valence-electron chi connectivity index (χ2n) is 34.1. The number of ether oxygens (including phenoxy) is 5. The number of carbonyl (C=O) groups is 6. The summed E-state index contributed by atoms with van der Waals surface area (Å²) in [5, 5.41) is 29.8. The fraction of sp³-hybridized carbons (Fsp3) is 0.407. The first-order chi connectivity index (χ1) is 62.8. The number of carbonyl (C=O) groups excluding carboxylic acids is 4. The summed E-state index contributed by atoms with van der Waals surface area (Å²) in [6, 6.07) is 5.83. The van der Waals surface area contributed by atoms with Crippen LogP contribution in [0.5, 0.6) is 23.0 Å². The highest BCUT2D eigenvalue weighted by atomic mass is 35.5. The number of rotatable bonds is 23. The van der Waals surface area contributed by atoms with Crippen LogP contribution in [0.4, 0.5) is 40.8 Å². The number of likely N-dealkylation sites (tertiary alicyclic amines) is 2. The molecule has 3 aliphatic heterocycles. The number of nitrogens with one attached hydrogen (secondary N) is 1. The summed E-state index contributed by atoms with van der Waals surface area (Å²) in [4.78, 5) is 115. The van der Waals surface area contributed by atoms with Gasteiger partial charge in [-0.25, -0.2) is 62.2 Å². The summed E-state index contributed by atoms with van der Waals surface area (Å²) in [5.41, 5.74) is 29.0. The SMILES string of the molecule is Cc1nc(C(C)c2cc(Cl)c(F)c(C(=O)N3CC(C(=O)O)C3)c2OC(C)C)n2ccnc(N)c12.Cc1nc(C(C)c2cc(Cl)c(F)c(C(=O)N3CC(O)C3)c2OC(C)C)n2ccnc(N)c12.Cc1nc(C(C)c2cc(Cl)c(F)c(C(=O)N3CCOCC3)c2OC(C)C)n2ccnc(N)c12.Cc1nc(C(C)c2cc(Cl)c(F)c(C(=O)NC3(C(=O)O)CC3)c2OC(C)C)n2ccnc(N)c12. The van der Waals surface area contributed by atoms with E-state index in [1.807, 2.05) is 71.1 Å². The number of nitrogen functional groups attached to an aromatic ring is 4. The number of aliphatic hydroxyl groups excluding tert-OH is 1. The number of aryl methyl sites for hydroxylation is 4. The molecule has 1 aliphatic carbocycles. The van der Waals surface area contributed by atoms with Gasteiger partial charge in [0.1, 0.15) is 119 Å². The molecule has 4 atom stereocenters. The van der Waals surface area contributed by atoms with E-state index < -0.39 is 112 Å². The Morgan fingerprint density at radius 2 is 0.699 bits per heavy atom. The minimum Gasteiger partial charge on any atom is -0.490 e. The minimum atomic E-state index is -1.41. The van der Waals surface area contributed by atoms with Crippen molar-refractivity contribution in [2.24, 2.45) is 5.92 Å². The molecule has 16 rings (SSSR count). The number of carboxylic acid groups (broad SMARTS) is 2. The molecular formula is C91H102Cl4F4N20O14. The highest BCUT2D eigenvalue weighted by molar-refractivity contribution is 6.32. The van der Waals surface area contributed by atoms with Crippen LogP contribution in [0, 0.1) is 56.9 Å². The first kappa shape index (κ1) is 97.9. The monoisotopic (exact) mass is 1910 g/mol. The number of hydrogen-bond acceptors (Lipinski definition) is 24. The van der Waals surface area contributed by atoms with E-state index in [4.69, 9.17) is 103 Å². The van der Waals surface area contributed by atoms with Gasteiger partial charge in [0.05, 0.1) is 92.5 Å². The van der Waals surface area contributed by atoms with Crippen molar-refractivity contribution in [3.63, 3.8) is 0 Å². The number of benzene rings is 4. The van der Waals surface area contributed by atoms with Gasteiger partial charge in [0, 0.05) is 135 Å². The zero-order valence-corrected chi connectivity index (χ0v) is 78.7. The van der Waals surface area contributed by atoms with E-state index in [9.17, 15) is 39.0 Å². The molecule has 42 heteroatoms. The Labute approximate surface area is 781 Å². The van der Waals surface area contributed by atoms with Gasteiger partial charge in [-0.2, -0.15) is 0 Å². The smallest absolute Gasteiger partial charge is 0.329 e. The van der Waals surface area contributed by atoms with Gasteiger partial charge in [-0.1, -0.05) is 74.1 Å². The van der Waals surface area contributed by atoms with Crippen molar-refractivity contribution in [2.75, 3.05) is 75.4 Å². The maximum Gasteiger partial charge on any atom is 0.329 e.